The fraction of sp³-hybridized carbons (Fsp3) is 0.186. The highest BCUT2D eigenvalue weighted by atomic mass is 16.3. The third kappa shape index (κ3) is 5.11. The van der Waals surface area contributed by atoms with Crippen LogP contribution in [0.3, 0.4) is 0 Å². The lowest BCUT2D eigenvalue weighted by molar-refractivity contribution is 0.0271. The number of nitrogens with zero attached hydrogens (tertiary/aromatic N) is 2. The largest absolute Gasteiger partial charge is 0.456 e. The van der Waals surface area contributed by atoms with Crippen molar-refractivity contribution in [1.82, 2.24) is 4.57 Å². The van der Waals surface area contributed by atoms with E-state index < -0.39 is 0 Å². The number of aromatic nitrogens is 1. The van der Waals surface area contributed by atoms with Crippen molar-refractivity contribution in [3.63, 3.8) is 0 Å². The molecule has 13 rings (SSSR count). The van der Waals surface area contributed by atoms with Crippen molar-refractivity contribution in [2.75, 3.05) is 4.90 Å². The van der Waals surface area contributed by atoms with Crippen molar-refractivity contribution >= 4 is 60.8 Å². The Labute approximate surface area is 362 Å². The molecule has 0 amide bonds. The Balaban J connectivity index is 1.04. The number of rotatable bonds is 5. The van der Waals surface area contributed by atoms with E-state index >= 15 is 0 Å². The summed E-state index contributed by atoms with van der Waals surface area (Å²) >= 11 is 0. The van der Waals surface area contributed by atoms with Crippen LogP contribution < -0.4 is 4.90 Å². The zero-order valence-corrected chi connectivity index (χ0v) is 35.3. The standard InChI is InChI=1S/C59H48N2O/c1-37-32-43-34-38(2)35-44(33-37)59(43)50-16-8-10-18-53(50)61-52-17-9-6-15-49(52)57-54(31-30-51(59)58(57)61)60(45-25-20-40(21-26-45)39-12-4-3-5-13-39)46-27-22-41(23-28-46)42-24-29-48-47-14-7-11-19-55(47)62-56(48)36-42/h3-31,36-38,43-44H,32-35H2,1-2H3/t37?,38?,43-,44-,59?. The average Bonchev–Trinajstić information content (AvgIpc) is 3.86. The molecule has 3 aliphatic rings. The SMILES string of the molecule is CC1C[C@H]2CC(C)C[C@H](C1)C21c2ccccc2-n2c3ccccc3c3c(N(c4ccc(-c5ccccc5)cc4)c4ccc(-c5ccc6c(c5)oc5ccccc56)cc4)ccc1c32. The van der Waals surface area contributed by atoms with E-state index in [2.05, 4.69) is 199 Å². The summed E-state index contributed by atoms with van der Waals surface area (Å²) in [5.41, 5.74) is 17.1. The summed E-state index contributed by atoms with van der Waals surface area (Å²) in [4.78, 5) is 2.51. The maximum atomic E-state index is 6.32. The summed E-state index contributed by atoms with van der Waals surface area (Å²) in [6.07, 6.45) is 5.14. The Hall–Kier alpha value is -6.84. The van der Waals surface area contributed by atoms with Gasteiger partial charge in [0.25, 0.3) is 0 Å². The molecule has 3 heteroatoms. The molecule has 0 N–H and O–H groups in total. The Morgan fingerprint density at radius 2 is 1.05 bits per heavy atom. The van der Waals surface area contributed by atoms with Crippen LogP contribution in [0.25, 0.3) is 71.7 Å². The first-order valence-corrected chi connectivity index (χ1v) is 22.7. The van der Waals surface area contributed by atoms with E-state index in [-0.39, 0.29) is 5.41 Å². The molecule has 10 aromatic rings. The quantitative estimate of drug-likeness (QED) is 0.173. The van der Waals surface area contributed by atoms with Gasteiger partial charge in [0.1, 0.15) is 11.2 Å². The van der Waals surface area contributed by atoms with Crippen molar-refractivity contribution in [3.05, 3.63) is 193 Å². The first-order chi connectivity index (χ1) is 30.5. The van der Waals surface area contributed by atoms with Crippen molar-refractivity contribution in [2.45, 2.75) is 44.9 Å². The first kappa shape index (κ1) is 35.9. The van der Waals surface area contributed by atoms with Gasteiger partial charge in [-0.2, -0.15) is 0 Å². The highest BCUT2D eigenvalue weighted by Crippen LogP contribution is 2.65. The molecule has 3 nitrogen and oxygen atoms in total. The Morgan fingerprint density at radius 3 is 1.77 bits per heavy atom. The Kier molecular flexibility index (Phi) is 7.86. The highest BCUT2D eigenvalue weighted by molar-refractivity contribution is 6.18. The van der Waals surface area contributed by atoms with E-state index in [1.165, 1.54) is 75.6 Å². The lowest BCUT2D eigenvalue weighted by Gasteiger charge is -2.59. The van der Waals surface area contributed by atoms with Crippen LogP contribution in [-0.4, -0.2) is 4.57 Å². The second kappa shape index (κ2) is 13.6. The van der Waals surface area contributed by atoms with Crippen molar-refractivity contribution in [3.8, 4) is 27.9 Å². The molecule has 1 aliphatic heterocycles. The third-order valence-electron chi connectivity index (χ3n) is 15.2. The predicted octanol–water partition coefficient (Wildman–Crippen LogP) is 16.2. The molecule has 2 aromatic heterocycles. The van der Waals surface area contributed by atoms with Gasteiger partial charge in [-0.15, -0.1) is 0 Å². The molecule has 8 aromatic carbocycles. The minimum atomic E-state index is -0.0124. The van der Waals surface area contributed by atoms with E-state index in [0.717, 1.165) is 56.3 Å². The Morgan fingerprint density at radius 1 is 0.484 bits per heavy atom. The molecule has 0 saturated heterocycles. The van der Waals surface area contributed by atoms with Gasteiger partial charge >= 0.3 is 0 Å². The third-order valence-corrected chi connectivity index (χ3v) is 15.2. The number of hydrogen-bond acceptors (Lipinski definition) is 2. The van der Waals surface area contributed by atoms with Gasteiger partial charge in [0.2, 0.25) is 0 Å². The maximum absolute atomic E-state index is 6.32. The molecular formula is C59H48N2O. The fourth-order valence-corrected chi connectivity index (χ4v) is 12.9. The summed E-state index contributed by atoms with van der Waals surface area (Å²) in [6, 6.07) is 67.7. The minimum Gasteiger partial charge on any atom is -0.456 e. The lowest BCUT2D eigenvalue weighted by atomic mass is 9.46. The zero-order valence-electron chi connectivity index (χ0n) is 35.3. The van der Waals surface area contributed by atoms with Gasteiger partial charge in [-0.25, -0.2) is 0 Å². The highest BCUT2D eigenvalue weighted by Gasteiger charge is 2.57. The van der Waals surface area contributed by atoms with Gasteiger partial charge < -0.3 is 13.9 Å². The second-order valence-corrected chi connectivity index (χ2v) is 18.7. The minimum absolute atomic E-state index is 0.0124. The van der Waals surface area contributed by atoms with Crippen LogP contribution in [-0.2, 0) is 5.41 Å². The van der Waals surface area contributed by atoms with Crippen LogP contribution in [0.1, 0.15) is 50.7 Å². The lowest BCUT2D eigenvalue weighted by Crippen LogP contribution is -2.53. The number of para-hydroxylation sites is 3. The van der Waals surface area contributed by atoms with E-state index in [0.29, 0.717) is 11.8 Å². The van der Waals surface area contributed by atoms with Gasteiger partial charge in [0.05, 0.1) is 22.4 Å². The summed E-state index contributed by atoms with van der Waals surface area (Å²) < 4.78 is 8.96. The molecule has 0 unspecified atom stereocenters. The summed E-state index contributed by atoms with van der Waals surface area (Å²) in [5.74, 6) is 2.71. The zero-order chi connectivity index (χ0) is 41.1. The van der Waals surface area contributed by atoms with Gasteiger partial charge in [-0.05, 0) is 143 Å². The molecule has 2 bridgehead atoms. The maximum Gasteiger partial charge on any atom is 0.136 e. The molecule has 3 heterocycles. The van der Waals surface area contributed by atoms with Crippen LogP contribution in [0.5, 0.6) is 0 Å². The summed E-state index contributed by atoms with van der Waals surface area (Å²) in [6.45, 7) is 5.02. The predicted molar refractivity (Wildman–Crippen MR) is 258 cm³/mol. The van der Waals surface area contributed by atoms with Crippen LogP contribution in [0.4, 0.5) is 17.1 Å². The first-order valence-electron chi connectivity index (χ1n) is 22.7. The van der Waals surface area contributed by atoms with E-state index in [4.69, 9.17) is 4.42 Å². The number of anilines is 3. The number of hydrogen-bond donors (Lipinski definition) is 0. The van der Waals surface area contributed by atoms with Crippen molar-refractivity contribution in [1.29, 1.82) is 0 Å². The van der Waals surface area contributed by atoms with Crippen LogP contribution >= 0.6 is 0 Å². The molecule has 1 spiro atoms. The van der Waals surface area contributed by atoms with Crippen LogP contribution in [0, 0.1) is 23.7 Å². The molecule has 0 radical (unpaired) electrons. The smallest absolute Gasteiger partial charge is 0.136 e. The average molecular weight is 801 g/mol. The van der Waals surface area contributed by atoms with Gasteiger partial charge in [-0.1, -0.05) is 135 Å². The van der Waals surface area contributed by atoms with Crippen LogP contribution in [0.15, 0.2) is 186 Å². The van der Waals surface area contributed by atoms with Gasteiger partial charge in [-0.3, -0.25) is 0 Å². The normalized spacial score (nSPS) is 21.5. The second-order valence-electron chi connectivity index (χ2n) is 18.7. The molecule has 62 heavy (non-hydrogen) atoms. The van der Waals surface area contributed by atoms with Crippen molar-refractivity contribution < 1.29 is 4.42 Å². The van der Waals surface area contributed by atoms with Crippen LogP contribution in [0.2, 0.25) is 0 Å². The molecule has 2 saturated carbocycles. The molecular weight excluding hydrogens is 753 g/mol. The van der Waals surface area contributed by atoms with E-state index in [9.17, 15) is 0 Å². The number of furan rings is 1. The van der Waals surface area contributed by atoms with Crippen molar-refractivity contribution in [2.24, 2.45) is 23.7 Å². The number of fused-ring (bicyclic) bond motifs is 8. The molecule has 2 aliphatic carbocycles. The van der Waals surface area contributed by atoms with Gasteiger partial charge in [0, 0.05) is 38.3 Å². The van der Waals surface area contributed by atoms with E-state index in [1.54, 1.807) is 5.56 Å². The summed E-state index contributed by atoms with van der Waals surface area (Å²) in [7, 11) is 0. The summed E-state index contributed by atoms with van der Waals surface area (Å²) in [5, 5.41) is 4.94. The Bertz CT molecular complexity index is 3320. The van der Waals surface area contributed by atoms with E-state index in [1.807, 2.05) is 6.07 Å². The monoisotopic (exact) mass is 800 g/mol. The van der Waals surface area contributed by atoms with Gasteiger partial charge in [0.15, 0.2) is 0 Å². The fourth-order valence-electron chi connectivity index (χ4n) is 12.9. The topological polar surface area (TPSA) is 21.3 Å². The number of benzene rings is 8. The molecule has 300 valence electrons. The molecule has 0 atom stereocenters. The molecule has 2 fully saturated rings.